The minimum atomic E-state index is -0.179. The van der Waals surface area contributed by atoms with Crippen molar-refractivity contribution in [2.45, 2.75) is 6.54 Å². The molecule has 5 heteroatoms. The predicted octanol–water partition coefficient (Wildman–Crippen LogP) is 2.43. The van der Waals surface area contributed by atoms with Crippen molar-refractivity contribution in [3.05, 3.63) is 59.9 Å². The van der Waals surface area contributed by atoms with E-state index in [4.69, 9.17) is 9.47 Å². The smallest absolute Gasteiger partial charge is 0.244 e. The van der Waals surface area contributed by atoms with E-state index >= 15 is 0 Å². The number of nitrogens with one attached hydrogen (secondary N) is 1. The van der Waals surface area contributed by atoms with Crippen molar-refractivity contribution >= 4 is 12.0 Å². The van der Waals surface area contributed by atoms with E-state index in [0.717, 1.165) is 11.1 Å². The highest BCUT2D eigenvalue weighted by molar-refractivity contribution is 5.91. The molecule has 2 aromatic rings. The molecule has 0 aliphatic rings. The first-order chi connectivity index (χ1) is 10.7. The van der Waals surface area contributed by atoms with Crippen LogP contribution in [0.2, 0.25) is 0 Å². The summed E-state index contributed by atoms with van der Waals surface area (Å²) in [6.45, 7) is 0.378. The molecule has 1 aromatic heterocycles. The summed E-state index contributed by atoms with van der Waals surface area (Å²) in [5, 5.41) is 2.81. The quantitative estimate of drug-likeness (QED) is 0.832. The van der Waals surface area contributed by atoms with Crippen LogP contribution in [0.1, 0.15) is 11.1 Å². The first-order valence-corrected chi connectivity index (χ1v) is 6.80. The van der Waals surface area contributed by atoms with Gasteiger partial charge >= 0.3 is 0 Å². The van der Waals surface area contributed by atoms with Gasteiger partial charge in [0, 0.05) is 36.6 Å². The van der Waals surface area contributed by atoms with Crippen LogP contribution in [0.25, 0.3) is 6.08 Å². The van der Waals surface area contributed by atoms with E-state index in [1.165, 1.54) is 6.08 Å². The minimum absolute atomic E-state index is 0.179. The van der Waals surface area contributed by atoms with E-state index in [1.807, 2.05) is 24.3 Å². The summed E-state index contributed by atoms with van der Waals surface area (Å²) in [6, 6.07) is 9.17. The first kappa shape index (κ1) is 15.6. The van der Waals surface area contributed by atoms with Gasteiger partial charge in [-0.2, -0.15) is 0 Å². The van der Waals surface area contributed by atoms with Crippen LogP contribution < -0.4 is 14.8 Å². The Balaban J connectivity index is 1.95. The van der Waals surface area contributed by atoms with Crippen molar-refractivity contribution < 1.29 is 14.3 Å². The molecule has 2 rings (SSSR count). The van der Waals surface area contributed by atoms with Gasteiger partial charge in [-0.3, -0.25) is 9.78 Å². The number of benzene rings is 1. The largest absolute Gasteiger partial charge is 0.497 e. The second-order valence-corrected chi connectivity index (χ2v) is 4.52. The average Bonchev–Trinajstić information content (AvgIpc) is 2.58. The monoisotopic (exact) mass is 298 g/mol. The van der Waals surface area contributed by atoms with Gasteiger partial charge in [0.1, 0.15) is 11.5 Å². The van der Waals surface area contributed by atoms with Gasteiger partial charge in [-0.05, 0) is 29.8 Å². The number of rotatable bonds is 6. The molecule has 0 radical (unpaired) electrons. The molecule has 114 valence electrons. The lowest BCUT2D eigenvalue weighted by atomic mass is 10.2. The maximum Gasteiger partial charge on any atom is 0.244 e. The molecule has 1 N–H and O–H groups in total. The van der Waals surface area contributed by atoms with Gasteiger partial charge in [-0.25, -0.2) is 0 Å². The third-order valence-corrected chi connectivity index (χ3v) is 3.06. The molecule has 0 spiro atoms. The molecule has 0 aliphatic heterocycles. The van der Waals surface area contributed by atoms with Gasteiger partial charge in [-0.1, -0.05) is 6.07 Å². The number of carbonyl (C=O) groups excluding carboxylic acids is 1. The van der Waals surface area contributed by atoms with Crippen LogP contribution in [0.4, 0.5) is 0 Å². The molecule has 0 atom stereocenters. The normalized spacial score (nSPS) is 10.5. The Morgan fingerprint density at radius 2 is 2.14 bits per heavy atom. The Bertz CT molecular complexity index is 654. The number of amides is 1. The molecule has 0 fully saturated rings. The van der Waals surface area contributed by atoms with Crippen molar-refractivity contribution in [1.29, 1.82) is 0 Å². The number of hydrogen-bond donors (Lipinski definition) is 1. The van der Waals surface area contributed by atoms with Crippen LogP contribution in [0.5, 0.6) is 11.5 Å². The molecule has 1 heterocycles. The van der Waals surface area contributed by atoms with Gasteiger partial charge in [0.25, 0.3) is 0 Å². The van der Waals surface area contributed by atoms with Crippen molar-refractivity contribution in [2.75, 3.05) is 14.2 Å². The van der Waals surface area contributed by atoms with Crippen molar-refractivity contribution in [1.82, 2.24) is 10.3 Å². The van der Waals surface area contributed by atoms with Crippen molar-refractivity contribution in [3.8, 4) is 11.5 Å². The Hall–Kier alpha value is -2.82. The zero-order valence-corrected chi connectivity index (χ0v) is 12.6. The molecular formula is C17H18N2O3. The molecular weight excluding hydrogens is 280 g/mol. The number of carbonyl (C=O) groups is 1. The van der Waals surface area contributed by atoms with Gasteiger partial charge in [-0.15, -0.1) is 0 Å². The summed E-state index contributed by atoms with van der Waals surface area (Å²) in [4.78, 5) is 15.8. The van der Waals surface area contributed by atoms with E-state index < -0.39 is 0 Å². The fraction of sp³-hybridized carbons (Fsp3) is 0.176. The Kier molecular flexibility index (Phi) is 5.54. The summed E-state index contributed by atoms with van der Waals surface area (Å²) in [6.07, 6.45) is 6.57. The molecule has 1 aromatic carbocycles. The molecule has 0 saturated carbocycles. The Labute approximate surface area is 129 Å². The maximum absolute atomic E-state index is 11.8. The predicted molar refractivity (Wildman–Crippen MR) is 84.7 cm³/mol. The van der Waals surface area contributed by atoms with Crippen LogP contribution in [0.15, 0.2) is 48.8 Å². The summed E-state index contributed by atoms with van der Waals surface area (Å²) in [5.74, 6) is 1.21. The third kappa shape index (κ3) is 4.34. The zero-order valence-electron chi connectivity index (χ0n) is 12.6. The van der Waals surface area contributed by atoms with Gasteiger partial charge in [0.05, 0.1) is 14.2 Å². The lowest BCUT2D eigenvalue weighted by molar-refractivity contribution is -0.116. The van der Waals surface area contributed by atoms with Crippen LogP contribution in [-0.4, -0.2) is 25.1 Å². The first-order valence-electron chi connectivity index (χ1n) is 6.80. The number of pyridine rings is 1. The molecule has 0 saturated heterocycles. The fourth-order valence-electron chi connectivity index (χ4n) is 1.89. The zero-order chi connectivity index (χ0) is 15.8. The van der Waals surface area contributed by atoms with E-state index in [1.54, 1.807) is 38.8 Å². The average molecular weight is 298 g/mol. The number of nitrogens with zero attached hydrogens (tertiary/aromatic N) is 1. The SMILES string of the molecule is COc1ccc(CNC(=O)/C=C/c2cccnc2)c(OC)c1. The Morgan fingerprint density at radius 3 is 2.82 bits per heavy atom. The number of aromatic nitrogens is 1. The number of hydrogen-bond acceptors (Lipinski definition) is 4. The van der Waals surface area contributed by atoms with E-state index in [0.29, 0.717) is 18.0 Å². The second kappa shape index (κ2) is 7.83. The van der Waals surface area contributed by atoms with Crippen LogP contribution >= 0.6 is 0 Å². The second-order valence-electron chi connectivity index (χ2n) is 4.52. The van der Waals surface area contributed by atoms with Crippen molar-refractivity contribution in [2.24, 2.45) is 0 Å². The van der Waals surface area contributed by atoms with Gasteiger partial charge < -0.3 is 14.8 Å². The van der Waals surface area contributed by atoms with E-state index in [9.17, 15) is 4.79 Å². The van der Waals surface area contributed by atoms with E-state index in [2.05, 4.69) is 10.3 Å². The molecule has 0 unspecified atom stereocenters. The molecule has 0 aliphatic carbocycles. The lowest BCUT2D eigenvalue weighted by Crippen LogP contribution is -2.20. The summed E-state index contributed by atoms with van der Waals surface area (Å²) in [5.41, 5.74) is 1.76. The number of ether oxygens (including phenoxy) is 2. The van der Waals surface area contributed by atoms with Gasteiger partial charge in [0.2, 0.25) is 5.91 Å². The third-order valence-electron chi connectivity index (χ3n) is 3.06. The summed E-state index contributed by atoms with van der Waals surface area (Å²) >= 11 is 0. The maximum atomic E-state index is 11.8. The molecule has 5 nitrogen and oxygen atoms in total. The highest BCUT2D eigenvalue weighted by Crippen LogP contribution is 2.24. The van der Waals surface area contributed by atoms with E-state index in [-0.39, 0.29) is 5.91 Å². The Morgan fingerprint density at radius 1 is 1.27 bits per heavy atom. The molecule has 0 bridgehead atoms. The lowest BCUT2D eigenvalue weighted by Gasteiger charge is -2.10. The molecule has 1 amide bonds. The van der Waals surface area contributed by atoms with Crippen LogP contribution in [0.3, 0.4) is 0 Å². The van der Waals surface area contributed by atoms with Gasteiger partial charge in [0.15, 0.2) is 0 Å². The molecule has 22 heavy (non-hydrogen) atoms. The van der Waals surface area contributed by atoms with Crippen LogP contribution in [-0.2, 0) is 11.3 Å². The summed E-state index contributed by atoms with van der Waals surface area (Å²) < 4.78 is 10.4. The summed E-state index contributed by atoms with van der Waals surface area (Å²) in [7, 11) is 3.18. The van der Waals surface area contributed by atoms with Crippen LogP contribution in [0, 0.1) is 0 Å². The topological polar surface area (TPSA) is 60.5 Å². The fourth-order valence-corrected chi connectivity index (χ4v) is 1.89. The standard InChI is InChI=1S/C17H18N2O3/c1-21-15-7-6-14(16(10-15)22-2)12-19-17(20)8-5-13-4-3-9-18-11-13/h3-11H,12H2,1-2H3,(H,19,20)/b8-5+. The highest BCUT2D eigenvalue weighted by atomic mass is 16.5. The van der Waals surface area contributed by atoms with Crippen molar-refractivity contribution in [3.63, 3.8) is 0 Å². The number of methoxy groups -OCH3 is 2. The highest BCUT2D eigenvalue weighted by Gasteiger charge is 2.05. The minimum Gasteiger partial charge on any atom is -0.497 e.